The van der Waals surface area contributed by atoms with Gasteiger partial charge in [-0.25, -0.2) is 8.42 Å². The van der Waals surface area contributed by atoms with Crippen LogP contribution >= 0.6 is 11.6 Å². The molecule has 0 aliphatic carbocycles. The molecule has 5 nitrogen and oxygen atoms in total. The zero-order valence-corrected chi connectivity index (χ0v) is 17.1. The molecule has 2 rings (SSSR count). The lowest BCUT2D eigenvalue weighted by molar-refractivity contribution is -0.137. The van der Waals surface area contributed by atoms with Crippen molar-refractivity contribution in [3.63, 3.8) is 0 Å². The Labute approximate surface area is 172 Å². The molecule has 1 amide bonds. The van der Waals surface area contributed by atoms with Crippen LogP contribution in [0.4, 0.5) is 18.9 Å². The van der Waals surface area contributed by atoms with Crippen LogP contribution in [0.5, 0.6) is 0 Å². The minimum Gasteiger partial charge on any atom is -0.352 e. The highest BCUT2D eigenvalue weighted by atomic mass is 35.5. The van der Waals surface area contributed by atoms with Crippen LogP contribution in [0.3, 0.4) is 0 Å². The summed E-state index contributed by atoms with van der Waals surface area (Å²) in [5.41, 5.74) is -1.27. The third-order valence-corrected chi connectivity index (χ3v) is 5.71. The monoisotopic (exact) mass is 448 g/mol. The molecule has 0 fully saturated rings. The number of halogens is 4. The van der Waals surface area contributed by atoms with Crippen LogP contribution in [-0.4, -0.2) is 20.9 Å². The standard InChI is InChI=1S/C19H20ClF3N2O3S/c1-2-3-4-10-24-18(26)16-12-15(8-9-17(16)20)29(27,28)25-14-7-5-6-13(11-14)19(21,22)23/h5-9,11-12,25H,2-4,10H2,1H3,(H,24,26). The molecule has 0 aliphatic rings. The van der Waals surface area contributed by atoms with Gasteiger partial charge in [-0.05, 0) is 42.8 Å². The van der Waals surface area contributed by atoms with E-state index in [9.17, 15) is 26.4 Å². The third kappa shape index (κ3) is 6.37. The molecule has 10 heteroatoms. The number of alkyl halides is 3. The van der Waals surface area contributed by atoms with E-state index < -0.39 is 27.7 Å². The van der Waals surface area contributed by atoms with Gasteiger partial charge in [-0.3, -0.25) is 9.52 Å². The first-order valence-corrected chi connectivity index (χ1v) is 10.7. The average molecular weight is 449 g/mol. The van der Waals surface area contributed by atoms with Crippen LogP contribution in [0.2, 0.25) is 5.02 Å². The van der Waals surface area contributed by atoms with Crippen molar-refractivity contribution in [1.29, 1.82) is 0 Å². The molecule has 0 radical (unpaired) electrons. The van der Waals surface area contributed by atoms with Crippen LogP contribution in [0.15, 0.2) is 47.4 Å². The van der Waals surface area contributed by atoms with Crippen LogP contribution in [0.25, 0.3) is 0 Å². The van der Waals surface area contributed by atoms with Gasteiger partial charge in [0.1, 0.15) is 0 Å². The first-order valence-electron chi connectivity index (χ1n) is 8.82. The van der Waals surface area contributed by atoms with Gasteiger partial charge >= 0.3 is 6.18 Å². The van der Waals surface area contributed by atoms with Crippen molar-refractivity contribution >= 4 is 33.2 Å². The van der Waals surface area contributed by atoms with Crippen molar-refractivity contribution in [2.24, 2.45) is 0 Å². The first kappa shape index (κ1) is 23.0. The van der Waals surface area contributed by atoms with E-state index in [0.29, 0.717) is 12.6 Å². The fourth-order valence-electron chi connectivity index (χ4n) is 2.49. The van der Waals surface area contributed by atoms with Crippen molar-refractivity contribution in [2.75, 3.05) is 11.3 Å². The van der Waals surface area contributed by atoms with E-state index in [4.69, 9.17) is 11.6 Å². The summed E-state index contributed by atoms with van der Waals surface area (Å²) >= 11 is 6.01. The highest BCUT2D eigenvalue weighted by Crippen LogP contribution is 2.31. The van der Waals surface area contributed by atoms with E-state index in [1.54, 1.807) is 0 Å². The largest absolute Gasteiger partial charge is 0.416 e. The molecule has 29 heavy (non-hydrogen) atoms. The highest BCUT2D eigenvalue weighted by molar-refractivity contribution is 7.92. The molecule has 0 atom stereocenters. The molecule has 0 aromatic heterocycles. The molecule has 0 unspecified atom stereocenters. The molecule has 158 valence electrons. The van der Waals surface area contributed by atoms with Gasteiger partial charge in [-0.2, -0.15) is 13.2 Å². The molecular weight excluding hydrogens is 429 g/mol. The topological polar surface area (TPSA) is 75.3 Å². The van der Waals surface area contributed by atoms with Crippen LogP contribution in [-0.2, 0) is 16.2 Å². The number of carbonyl (C=O) groups excluding carboxylic acids is 1. The molecule has 0 saturated carbocycles. The molecule has 0 heterocycles. The fourth-order valence-corrected chi connectivity index (χ4v) is 3.77. The fraction of sp³-hybridized carbons (Fsp3) is 0.316. The maximum atomic E-state index is 12.8. The summed E-state index contributed by atoms with van der Waals surface area (Å²) in [5.74, 6) is -0.526. The molecule has 0 saturated heterocycles. The smallest absolute Gasteiger partial charge is 0.352 e. The Morgan fingerprint density at radius 1 is 1.10 bits per heavy atom. The van der Waals surface area contributed by atoms with Gasteiger partial charge in [0.05, 0.1) is 21.0 Å². The van der Waals surface area contributed by atoms with Gasteiger partial charge < -0.3 is 5.32 Å². The van der Waals surface area contributed by atoms with Crippen LogP contribution in [0, 0.1) is 0 Å². The number of nitrogens with one attached hydrogen (secondary N) is 2. The number of anilines is 1. The number of hydrogen-bond acceptors (Lipinski definition) is 3. The van der Waals surface area contributed by atoms with Crippen molar-refractivity contribution in [3.8, 4) is 0 Å². The number of rotatable bonds is 8. The maximum Gasteiger partial charge on any atom is 0.416 e. The number of amides is 1. The Balaban J connectivity index is 2.24. The van der Waals surface area contributed by atoms with Crippen LogP contribution < -0.4 is 10.0 Å². The lowest BCUT2D eigenvalue weighted by Crippen LogP contribution is -2.25. The minimum atomic E-state index is -4.61. The summed E-state index contributed by atoms with van der Waals surface area (Å²) < 4.78 is 65.7. The second kappa shape index (κ2) is 9.49. The second-order valence-electron chi connectivity index (χ2n) is 6.29. The summed E-state index contributed by atoms with van der Waals surface area (Å²) in [4.78, 5) is 12.0. The van der Waals surface area contributed by atoms with Crippen molar-refractivity contribution in [1.82, 2.24) is 5.32 Å². The minimum absolute atomic E-state index is 0.0323. The molecule has 0 bridgehead atoms. The van der Waals surface area contributed by atoms with E-state index in [-0.39, 0.29) is 21.2 Å². The van der Waals surface area contributed by atoms with E-state index in [1.165, 1.54) is 18.2 Å². The van der Waals surface area contributed by atoms with Gasteiger partial charge in [0.25, 0.3) is 15.9 Å². The SMILES string of the molecule is CCCCCNC(=O)c1cc(S(=O)(=O)Nc2cccc(C(F)(F)F)c2)ccc1Cl. The molecule has 0 aliphatic heterocycles. The molecular formula is C19H20ClF3N2O3S. The second-order valence-corrected chi connectivity index (χ2v) is 8.38. The van der Waals surface area contributed by atoms with Gasteiger partial charge in [0.15, 0.2) is 0 Å². The normalized spacial score (nSPS) is 11.9. The summed E-state index contributed by atoms with van der Waals surface area (Å²) in [7, 11) is -4.23. The number of sulfonamides is 1. The highest BCUT2D eigenvalue weighted by Gasteiger charge is 2.30. The Kier molecular flexibility index (Phi) is 7.54. The van der Waals surface area contributed by atoms with Crippen molar-refractivity contribution in [3.05, 3.63) is 58.6 Å². The summed E-state index contributed by atoms with van der Waals surface area (Å²) in [5, 5.41) is 2.73. The van der Waals surface area contributed by atoms with E-state index >= 15 is 0 Å². The average Bonchev–Trinajstić information content (AvgIpc) is 2.64. The predicted molar refractivity (Wildman–Crippen MR) is 106 cm³/mol. The van der Waals surface area contributed by atoms with E-state index in [1.807, 2.05) is 6.92 Å². The lowest BCUT2D eigenvalue weighted by Gasteiger charge is -2.13. The summed E-state index contributed by atoms with van der Waals surface area (Å²) in [6.45, 7) is 2.44. The zero-order valence-electron chi connectivity index (χ0n) is 15.5. The Bertz CT molecular complexity index is 979. The molecule has 2 N–H and O–H groups in total. The van der Waals surface area contributed by atoms with Crippen molar-refractivity contribution < 1.29 is 26.4 Å². The zero-order chi connectivity index (χ0) is 21.7. The van der Waals surface area contributed by atoms with Gasteiger partial charge in [-0.15, -0.1) is 0 Å². The van der Waals surface area contributed by atoms with Crippen LogP contribution in [0.1, 0.15) is 42.1 Å². The van der Waals surface area contributed by atoms with Gasteiger partial charge in [0, 0.05) is 12.2 Å². The molecule has 2 aromatic carbocycles. The number of benzene rings is 2. The number of hydrogen-bond donors (Lipinski definition) is 2. The first-order chi connectivity index (χ1) is 13.5. The molecule has 0 spiro atoms. The van der Waals surface area contributed by atoms with E-state index in [0.717, 1.165) is 37.5 Å². The number of carbonyl (C=O) groups is 1. The van der Waals surface area contributed by atoms with E-state index in [2.05, 4.69) is 10.0 Å². The predicted octanol–water partition coefficient (Wildman–Crippen LogP) is 5.08. The number of unbranched alkanes of at least 4 members (excludes halogenated alkanes) is 2. The Morgan fingerprint density at radius 2 is 1.83 bits per heavy atom. The van der Waals surface area contributed by atoms with Crippen molar-refractivity contribution in [2.45, 2.75) is 37.3 Å². The lowest BCUT2D eigenvalue weighted by atomic mass is 10.2. The summed E-state index contributed by atoms with van der Waals surface area (Å²) in [6.07, 6.45) is -1.92. The van der Waals surface area contributed by atoms with Gasteiger partial charge in [-0.1, -0.05) is 37.4 Å². The molecule has 2 aromatic rings. The third-order valence-electron chi connectivity index (χ3n) is 4.00. The Morgan fingerprint density at radius 3 is 2.48 bits per heavy atom. The quantitative estimate of drug-likeness (QED) is 0.553. The Hall–Kier alpha value is -2.26. The maximum absolute atomic E-state index is 12.8. The summed E-state index contributed by atoms with van der Waals surface area (Å²) in [6, 6.07) is 7.33. The van der Waals surface area contributed by atoms with Gasteiger partial charge in [0.2, 0.25) is 0 Å².